The van der Waals surface area contributed by atoms with Gasteiger partial charge in [0.05, 0.1) is 11.0 Å². The summed E-state index contributed by atoms with van der Waals surface area (Å²) in [5, 5.41) is 5.51. The lowest BCUT2D eigenvalue weighted by atomic mass is 10.0. The van der Waals surface area contributed by atoms with Gasteiger partial charge < -0.3 is 10.6 Å². The predicted octanol–water partition coefficient (Wildman–Crippen LogP) is 3.43. The number of carbonyl (C=O) groups excluding carboxylic acids is 2. The van der Waals surface area contributed by atoms with Gasteiger partial charge in [-0.15, -0.1) is 11.8 Å². The van der Waals surface area contributed by atoms with E-state index in [1.807, 2.05) is 6.92 Å². The third-order valence-corrected chi connectivity index (χ3v) is 5.80. The number of halogens is 1. The average Bonchev–Trinajstić information content (AvgIpc) is 2.67. The molecule has 1 aliphatic heterocycles. The fraction of sp³-hybridized carbons (Fsp3) is 0.524. The summed E-state index contributed by atoms with van der Waals surface area (Å²) in [5.74, 6) is -0.403. The molecule has 7 heteroatoms. The van der Waals surface area contributed by atoms with Gasteiger partial charge >= 0.3 is 0 Å². The Morgan fingerprint density at radius 2 is 1.89 bits per heavy atom. The number of carbonyl (C=O) groups is 2. The third-order valence-electron chi connectivity index (χ3n) is 4.65. The summed E-state index contributed by atoms with van der Waals surface area (Å²) >= 11 is 1.30. The lowest BCUT2D eigenvalue weighted by Crippen LogP contribution is -2.46. The van der Waals surface area contributed by atoms with Gasteiger partial charge in [0.25, 0.3) is 0 Å². The predicted molar refractivity (Wildman–Crippen MR) is 114 cm³/mol. The van der Waals surface area contributed by atoms with Crippen LogP contribution < -0.4 is 10.6 Å². The molecule has 2 amide bonds. The molecular weight excluding hydrogens is 377 g/mol. The molecule has 0 radical (unpaired) electrons. The molecule has 0 aliphatic carbocycles. The molecule has 28 heavy (non-hydrogen) atoms. The van der Waals surface area contributed by atoms with E-state index in [-0.39, 0.29) is 34.7 Å². The summed E-state index contributed by atoms with van der Waals surface area (Å²) < 4.78 is 12.9. The fourth-order valence-electron chi connectivity index (χ4n) is 2.90. The largest absolute Gasteiger partial charge is 0.352 e. The number of piperidine rings is 1. The molecule has 1 unspecified atom stereocenters. The Hall–Kier alpha value is -1.86. The standard InChI is InChI=1S/C21H30FN3O2S/c1-15(2)8-11-25-12-9-19(10-13-25)24-21(27)16(3)28-14-20(26)23-18-6-4-17(22)5-7-18/h4-8,16,19H,9-14H2,1-3H3,(H,23,26)(H,24,27). The maximum absolute atomic E-state index is 12.9. The van der Waals surface area contributed by atoms with Crippen molar-refractivity contribution in [3.63, 3.8) is 0 Å². The lowest BCUT2D eigenvalue weighted by Gasteiger charge is -2.32. The highest BCUT2D eigenvalue weighted by atomic mass is 32.2. The van der Waals surface area contributed by atoms with Gasteiger partial charge in [0.15, 0.2) is 0 Å². The van der Waals surface area contributed by atoms with Crippen LogP contribution in [0.2, 0.25) is 0 Å². The van der Waals surface area contributed by atoms with Crippen LogP contribution in [-0.4, -0.2) is 53.4 Å². The number of anilines is 1. The first-order valence-corrected chi connectivity index (χ1v) is 10.7. The van der Waals surface area contributed by atoms with Crippen molar-refractivity contribution in [3.05, 3.63) is 41.7 Å². The van der Waals surface area contributed by atoms with Crippen LogP contribution in [0.1, 0.15) is 33.6 Å². The number of likely N-dealkylation sites (tertiary alicyclic amines) is 1. The van der Waals surface area contributed by atoms with E-state index in [9.17, 15) is 14.0 Å². The highest BCUT2D eigenvalue weighted by Crippen LogP contribution is 2.15. The molecule has 0 bridgehead atoms. The summed E-state index contributed by atoms with van der Waals surface area (Å²) in [6.07, 6.45) is 4.13. The number of thioether (sulfide) groups is 1. The zero-order chi connectivity index (χ0) is 20.5. The SMILES string of the molecule is CC(C)=CCN1CCC(NC(=O)C(C)SCC(=O)Nc2ccc(F)cc2)CC1. The number of amides is 2. The van der Waals surface area contributed by atoms with E-state index >= 15 is 0 Å². The van der Waals surface area contributed by atoms with Gasteiger partial charge in [0.2, 0.25) is 11.8 Å². The molecule has 2 N–H and O–H groups in total. The molecule has 1 saturated heterocycles. The van der Waals surface area contributed by atoms with E-state index in [2.05, 4.69) is 35.5 Å². The fourth-order valence-corrected chi connectivity index (χ4v) is 3.59. The van der Waals surface area contributed by atoms with Gasteiger partial charge in [0, 0.05) is 31.4 Å². The number of benzene rings is 1. The Morgan fingerprint density at radius 3 is 2.50 bits per heavy atom. The molecule has 1 fully saturated rings. The first kappa shape index (κ1) is 22.4. The van der Waals surface area contributed by atoms with E-state index in [4.69, 9.17) is 0 Å². The molecule has 0 aromatic heterocycles. The first-order valence-electron chi connectivity index (χ1n) is 9.66. The minimum atomic E-state index is -0.347. The van der Waals surface area contributed by atoms with Crippen molar-refractivity contribution in [2.45, 2.75) is 44.9 Å². The van der Waals surface area contributed by atoms with Gasteiger partial charge in [-0.2, -0.15) is 0 Å². The molecule has 5 nitrogen and oxygen atoms in total. The first-order chi connectivity index (χ1) is 13.3. The number of hydrogen-bond donors (Lipinski definition) is 2. The Morgan fingerprint density at radius 1 is 1.25 bits per heavy atom. The maximum atomic E-state index is 12.9. The van der Waals surface area contributed by atoms with Crippen molar-refractivity contribution in [3.8, 4) is 0 Å². The summed E-state index contributed by atoms with van der Waals surface area (Å²) in [7, 11) is 0. The Balaban J connectivity index is 1.66. The van der Waals surface area contributed by atoms with Crippen molar-refractivity contribution in [1.29, 1.82) is 0 Å². The Labute approximate surface area is 171 Å². The number of hydrogen-bond acceptors (Lipinski definition) is 4. The van der Waals surface area contributed by atoms with Crippen LogP contribution in [0.4, 0.5) is 10.1 Å². The zero-order valence-electron chi connectivity index (χ0n) is 16.8. The molecule has 1 aromatic carbocycles. The minimum absolute atomic E-state index is 0.0256. The van der Waals surface area contributed by atoms with Crippen LogP contribution in [0, 0.1) is 5.82 Å². The molecule has 1 heterocycles. The normalized spacial score (nSPS) is 16.3. The van der Waals surface area contributed by atoms with Gasteiger partial charge in [-0.05, 0) is 57.9 Å². The number of nitrogens with one attached hydrogen (secondary N) is 2. The molecule has 1 atom stereocenters. The minimum Gasteiger partial charge on any atom is -0.352 e. The second-order valence-corrected chi connectivity index (χ2v) is 8.70. The molecule has 0 saturated carbocycles. The van der Waals surface area contributed by atoms with Crippen molar-refractivity contribution < 1.29 is 14.0 Å². The number of allylic oxidation sites excluding steroid dienone is 1. The second-order valence-electron chi connectivity index (χ2n) is 7.37. The van der Waals surface area contributed by atoms with Crippen LogP contribution in [0.25, 0.3) is 0 Å². The van der Waals surface area contributed by atoms with Crippen molar-refractivity contribution in [1.82, 2.24) is 10.2 Å². The Kier molecular flexibility index (Phi) is 8.99. The summed E-state index contributed by atoms with van der Waals surface area (Å²) in [6.45, 7) is 8.96. The third kappa shape index (κ3) is 8.02. The van der Waals surface area contributed by atoms with Crippen molar-refractivity contribution in [2.75, 3.05) is 30.7 Å². The molecule has 2 rings (SSSR count). The smallest absolute Gasteiger partial charge is 0.234 e. The number of nitrogens with zero attached hydrogens (tertiary/aromatic N) is 1. The summed E-state index contributed by atoms with van der Waals surface area (Å²) in [5.41, 5.74) is 1.87. The lowest BCUT2D eigenvalue weighted by molar-refractivity contribution is -0.121. The van der Waals surface area contributed by atoms with Gasteiger partial charge in [-0.3, -0.25) is 14.5 Å². The van der Waals surface area contributed by atoms with E-state index in [1.54, 1.807) is 0 Å². The number of rotatable bonds is 8. The topological polar surface area (TPSA) is 61.4 Å². The molecule has 1 aromatic rings. The highest BCUT2D eigenvalue weighted by Gasteiger charge is 2.23. The quantitative estimate of drug-likeness (QED) is 0.648. The summed E-state index contributed by atoms with van der Waals surface area (Å²) in [4.78, 5) is 26.8. The van der Waals surface area contributed by atoms with Gasteiger partial charge in [-0.25, -0.2) is 4.39 Å². The molecule has 0 spiro atoms. The Bertz CT molecular complexity index is 681. The van der Waals surface area contributed by atoms with E-state index in [0.29, 0.717) is 5.69 Å². The van der Waals surface area contributed by atoms with Crippen LogP contribution >= 0.6 is 11.8 Å². The monoisotopic (exact) mass is 407 g/mol. The second kappa shape index (κ2) is 11.2. The van der Waals surface area contributed by atoms with E-state index in [1.165, 1.54) is 41.6 Å². The van der Waals surface area contributed by atoms with E-state index < -0.39 is 0 Å². The van der Waals surface area contributed by atoms with Crippen LogP contribution in [-0.2, 0) is 9.59 Å². The highest BCUT2D eigenvalue weighted by molar-refractivity contribution is 8.01. The summed E-state index contributed by atoms with van der Waals surface area (Å²) in [6, 6.07) is 5.82. The molecule has 1 aliphatic rings. The van der Waals surface area contributed by atoms with Crippen molar-refractivity contribution in [2.24, 2.45) is 0 Å². The zero-order valence-corrected chi connectivity index (χ0v) is 17.7. The van der Waals surface area contributed by atoms with Crippen LogP contribution in [0.5, 0.6) is 0 Å². The molecular formula is C21H30FN3O2S. The van der Waals surface area contributed by atoms with Crippen LogP contribution in [0.15, 0.2) is 35.9 Å². The van der Waals surface area contributed by atoms with Gasteiger partial charge in [0.1, 0.15) is 5.82 Å². The molecule has 154 valence electrons. The van der Waals surface area contributed by atoms with Gasteiger partial charge in [-0.1, -0.05) is 11.6 Å². The maximum Gasteiger partial charge on any atom is 0.234 e. The van der Waals surface area contributed by atoms with Crippen LogP contribution in [0.3, 0.4) is 0 Å². The average molecular weight is 408 g/mol. The van der Waals surface area contributed by atoms with Crippen molar-refractivity contribution >= 4 is 29.3 Å². The van der Waals surface area contributed by atoms with E-state index in [0.717, 1.165) is 32.5 Å².